The van der Waals surface area contributed by atoms with Gasteiger partial charge >= 0.3 is 0 Å². The lowest BCUT2D eigenvalue weighted by Crippen LogP contribution is -2.29. The normalized spacial score (nSPS) is 11.6. The number of carbonyl (C=O) groups is 1. The van der Waals surface area contributed by atoms with Crippen molar-refractivity contribution >= 4 is 26.8 Å². The molecule has 0 aliphatic heterocycles. The van der Waals surface area contributed by atoms with Gasteiger partial charge in [0.1, 0.15) is 11.7 Å². The summed E-state index contributed by atoms with van der Waals surface area (Å²) in [5.74, 6) is -0.639. The van der Waals surface area contributed by atoms with E-state index in [-0.39, 0.29) is 35.1 Å². The molecule has 0 fully saturated rings. The number of hydrogen-bond donors (Lipinski definition) is 1. The van der Waals surface area contributed by atoms with E-state index < -0.39 is 9.84 Å². The van der Waals surface area contributed by atoms with Crippen molar-refractivity contribution in [2.24, 2.45) is 0 Å². The first-order valence-corrected chi connectivity index (χ1v) is 12.5. The van der Waals surface area contributed by atoms with E-state index in [4.69, 9.17) is 0 Å². The molecule has 0 radical (unpaired) electrons. The molecule has 2 heterocycles. The van der Waals surface area contributed by atoms with Gasteiger partial charge < -0.3 is 5.32 Å². The van der Waals surface area contributed by atoms with Crippen LogP contribution in [0.4, 0.5) is 0 Å². The average molecular weight is 480 g/mol. The minimum absolute atomic E-state index is 0.140. The summed E-state index contributed by atoms with van der Waals surface area (Å²) >= 11 is 0. The number of amides is 1. The summed E-state index contributed by atoms with van der Waals surface area (Å²) in [6.07, 6.45) is 2.83. The third-order valence-electron chi connectivity index (χ3n) is 5.44. The van der Waals surface area contributed by atoms with E-state index in [1.807, 2.05) is 31.2 Å². The number of carbonyl (C=O) groups excluding carboxylic acids is 1. The lowest BCUT2D eigenvalue weighted by atomic mass is 10.1. The lowest BCUT2D eigenvalue weighted by Gasteiger charge is -2.08. The zero-order valence-electron chi connectivity index (χ0n) is 18.7. The van der Waals surface area contributed by atoms with Crippen LogP contribution in [0.3, 0.4) is 0 Å². The maximum absolute atomic E-state index is 12.8. The van der Waals surface area contributed by atoms with Gasteiger partial charge in [-0.15, -0.1) is 0 Å². The molecule has 0 spiro atoms. The van der Waals surface area contributed by atoms with Gasteiger partial charge in [0.05, 0.1) is 29.9 Å². The largest absolute Gasteiger partial charge is 0.354 e. The molecule has 0 atom stereocenters. The third kappa shape index (κ3) is 5.40. The summed E-state index contributed by atoms with van der Waals surface area (Å²) in [6.45, 7) is 2.95. The Balaban J connectivity index is 1.34. The molecular weight excluding hydrogens is 454 g/mol. The Kier molecular flexibility index (Phi) is 6.87. The van der Waals surface area contributed by atoms with Gasteiger partial charge in [0.25, 0.3) is 5.56 Å². The Hall–Kier alpha value is -3.79. The number of sulfone groups is 1. The Labute approximate surface area is 197 Å². The van der Waals surface area contributed by atoms with Crippen molar-refractivity contribution in [2.45, 2.75) is 31.3 Å². The van der Waals surface area contributed by atoms with Crippen LogP contribution in [-0.2, 0) is 27.7 Å². The first kappa shape index (κ1) is 23.4. The van der Waals surface area contributed by atoms with E-state index in [9.17, 15) is 18.0 Å². The van der Waals surface area contributed by atoms with Crippen molar-refractivity contribution in [3.05, 3.63) is 88.6 Å². The highest BCUT2D eigenvalue weighted by Gasteiger charge is 2.16. The summed E-state index contributed by atoms with van der Waals surface area (Å²) in [6, 6.07) is 16.0. The number of hydrogen-bond acceptors (Lipinski definition) is 6. The standard InChI is InChI=1S/C24H25N5O4S/c1-18-7-9-19(10-8-18)16-28-17-26-23-21(24(28)31)15-27-29(23)13-12-25-22(30)11-14-34(32,33)20-5-3-2-4-6-20/h2-10,15,17H,11-14,16H2,1H3,(H,25,30). The van der Waals surface area contributed by atoms with Crippen LogP contribution in [0.5, 0.6) is 0 Å². The topological polar surface area (TPSA) is 116 Å². The van der Waals surface area contributed by atoms with Crippen LogP contribution in [0.15, 0.2) is 76.8 Å². The van der Waals surface area contributed by atoms with E-state index in [1.165, 1.54) is 29.2 Å². The summed E-state index contributed by atoms with van der Waals surface area (Å²) in [5, 5.41) is 7.33. The Morgan fingerprint density at radius 1 is 1.06 bits per heavy atom. The maximum Gasteiger partial charge on any atom is 0.264 e. The summed E-state index contributed by atoms with van der Waals surface area (Å²) < 4.78 is 27.7. The molecule has 1 N–H and O–H groups in total. The SMILES string of the molecule is Cc1ccc(Cn2cnc3c(cnn3CCNC(=O)CCS(=O)(=O)c3ccccc3)c2=O)cc1. The molecule has 10 heteroatoms. The Morgan fingerprint density at radius 3 is 2.53 bits per heavy atom. The molecular formula is C24H25N5O4S. The first-order chi connectivity index (χ1) is 16.3. The van der Waals surface area contributed by atoms with Crippen molar-refractivity contribution in [3.8, 4) is 0 Å². The van der Waals surface area contributed by atoms with Crippen LogP contribution in [0.1, 0.15) is 17.5 Å². The number of aryl methyl sites for hydroxylation is 1. The second-order valence-electron chi connectivity index (χ2n) is 8.00. The van der Waals surface area contributed by atoms with Crippen molar-refractivity contribution in [1.29, 1.82) is 0 Å². The quantitative estimate of drug-likeness (QED) is 0.392. The van der Waals surface area contributed by atoms with Gasteiger partial charge in [-0.25, -0.2) is 18.1 Å². The molecule has 0 saturated carbocycles. The molecule has 176 valence electrons. The predicted octanol–water partition coefficient (Wildman–Crippen LogP) is 1.93. The van der Waals surface area contributed by atoms with Crippen molar-refractivity contribution in [3.63, 3.8) is 0 Å². The molecule has 0 bridgehead atoms. The van der Waals surface area contributed by atoms with Crippen LogP contribution < -0.4 is 10.9 Å². The van der Waals surface area contributed by atoms with E-state index in [0.29, 0.717) is 24.1 Å². The van der Waals surface area contributed by atoms with Crippen LogP contribution in [0, 0.1) is 6.92 Å². The first-order valence-electron chi connectivity index (χ1n) is 10.8. The second kappa shape index (κ2) is 10.0. The number of benzene rings is 2. The van der Waals surface area contributed by atoms with Gasteiger partial charge in [-0.05, 0) is 24.6 Å². The minimum atomic E-state index is -3.51. The summed E-state index contributed by atoms with van der Waals surface area (Å²) in [4.78, 5) is 29.6. The Morgan fingerprint density at radius 2 is 1.79 bits per heavy atom. The minimum Gasteiger partial charge on any atom is -0.354 e. The van der Waals surface area contributed by atoms with Crippen LogP contribution in [0.25, 0.3) is 11.0 Å². The fourth-order valence-corrected chi connectivity index (χ4v) is 4.79. The highest BCUT2D eigenvalue weighted by atomic mass is 32.2. The molecule has 0 unspecified atom stereocenters. The molecule has 0 aliphatic carbocycles. The van der Waals surface area contributed by atoms with Gasteiger partial charge in [0.2, 0.25) is 5.91 Å². The van der Waals surface area contributed by atoms with Crippen molar-refractivity contribution in [2.75, 3.05) is 12.3 Å². The molecule has 1 amide bonds. The molecule has 4 aromatic rings. The molecule has 9 nitrogen and oxygen atoms in total. The van der Waals surface area contributed by atoms with E-state index in [2.05, 4.69) is 15.4 Å². The van der Waals surface area contributed by atoms with Gasteiger partial charge in [0.15, 0.2) is 15.5 Å². The van der Waals surface area contributed by atoms with E-state index in [0.717, 1.165) is 11.1 Å². The maximum atomic E-state index is 12.8. The highest BCUT2D eigenvalue weighted by Crippen LogP contribution is 2.11. The molecule has 0 aliphatic rings. The fraction of sp³-hybridized carbons (Fsp3) is 0.250. The van der Waals surface area contributed by atoms with Gasteiger partial charge in [0, 0.05) is 13.0 Å². The van der Waals surface area contributed by atoms with Crippen LogP contribution in [0.2, 0.25) is 0 Å². The number of nitrogens with one attached hydrogen (secondary N) is 1. The van der Waals surface area contributed by atoms with E-state index in [1.54, 1.807) is 22.9 Å². The highest BCUT2D eigenvalue weighted by molar-refractivity contribution is 7.91. The predicted molar refractivity (Wildman–Crippen MR) is 128 cm³/mol. The van der Waals surface area contributed by atoms with Crippen LogP contribution >= 0.6 is 0 Å². The number of aromatic nitrogens is 4. The molecule has 2 aromatic heterocycles. The molecule has 2 aromatic carbocycles. The number of nitrogens with zero attached hydrogens (tertiary/aromatic N) is 4. The van der Waals surface area contributed by atoms with Crippen LogP contribution in [-0.4, -0.2) is 46.0 Å². The lowest BCUT2D eigenvalue weighted by molar-refractivity contribution is -0.120. The monoisotopic (exact) mass is 479 g/mol. The third-order valence-corrected chi connectivity index (χ3v) is 7.17. The fourth-order valence-electron chi connectivity index (χ4n) is 3.53. The van der Waals surface area contributed by atoms with Crippen molar-refractivity contribution in [1.82, 2.24) is 24.6 Å². The van der Waals surface area contributed by atoms with Gasteiger partial charge in [-0.1, -0.05) is 48.0 Å². The van der Waals surface area contributed by atoms with E-state index >= 15 is 0 Å². The number of rotatable bonds is 9. The molecule has 4 rings (SSSR count). The second-order valence-corrected chi connectivity index (χ2v) is 10.1. The molecule has 0 saturated heterocycles. The Bertz CT molecular complexity index is 1460. The van der Waals surface area contributed by atoms with Gasteiger partial charge in [-0.2, -0.15) is 5.10 Å². The smallest absolute Gasteiger partial charge is 0.264 e. The average Bonchev–Trinajstić information content (AvgIpc) is 3.25. The molecule has 34 heavy (non-hydrogen) atoms. The van der Waals surface area contributed by atoms with Gasteiger partial charge in [-0.3, -0.25) is 14.2 Å². The number of fused-ring (bicyclic) bond motifs is 1. The zero-order valence-corrected chi connectivity index (χ0v) is 19.5. The summed E-state index contributed by atoms with van der Waals surface area (Å²) in [7, 11) is -3.51. The van der Waals surface area contributed by atoms with Crippen molar-refractivity contribution < 1.29 is 13.2 Å². The summed E-state index contributed by atoms with van der Waals surface area (Å²) in [5.41, 5.74) is 2.40. The zero-order chi connectivity index (χ0) is 24.1.